The molecule has 4 rings (SSSR count). The second kappa shape index (κ2) is 7.86. The molecule has 0 radical (unpaired) electrons. The molecule has 144 valence electrons. The summed E-state index contributed by atoms with van der Waals surface area (Å²) in [4.78, 5) is 22.4. The molecule has 0 aliphatic carbocycles. The van der Waals surface area contributed by atoms with E-state index in [0.29, 0.717) is 25.9 Å². The van der Waals surface area contributed by atoms with Crippen LogP contribution in [0.15, 0.2) is 54.6 Å². The van der Waals surface area contributed by atoms with Crippen LogP contribution >= 0.6 is 0 Å². The molecule has 1 atom stereocenters. The van der Waals surface area contributed by atoms with Crippen LogP contribution < -0.4 is 4.74 Å². The Morgan fingerprint density at radius 1 is 1.25 bits per heavy atom. The van der Waals surface area contributed by atoms with Crippen molar-refractivity contribution >= 4 is 5.91 Å². The number of aromatic amines is 1. The van der Waals surface area contributed by atoms with E-state index in [0.717, 1.165) is 34.1 Å². The number of carbonyl (C=O) groups excluding carboxylic acids is 1. The number of hydrogen-bond acceptors (Lipinski definition) is 4. The van der Waals surface area contributed by atoms with E-state index >= 15 is 0 Å². The van der Waals surface area contributed by atoms with Gasteiger partial charge in [0, 0.05) is 24.9 Å². The molecule has 1 aromatic heterocycles. The first-order valence-electron chi connectivity index (χ1n) is 9.37. The maximum absolute atomic E-state index is 12.7. The Bertz CT molecular complexity index is 968. The zero-order chi connectivity index (χ0) is 19.5. The number of aliphatic hydroxyl groups is 1. The fourth-order valence-electron chi connectivity index (χ4n) is 3.52. The first-order chi connectivity index (χ1) is 13.6. The molecule has 1 amide bonds. The predicted octanol–water partition coefficient (Wildman–Crippen LogP) is 2.57. The third-order valence-electron chi connectivity index (χ3n) is 5.04. The van der Waals surface area contributed by atoms with Crippen LogP contribution in [0.2, 0.25) is 0 Å². The fourth-order valence-corrected chi connectivity index (χ4v) is 3.52. The number of rotatable bonds is 5. The van der Waals surface area contributed by atoms with Crippen molar-refractivity contribution in [2.24, 2.45) is 0 Å². The Balaban J connectivity index is 1.47. The summed E-state index contributed by atoms with van der Waals surface area (Å²) >= 11 is 0. The SMILES string of the molecule is COc1cccc(-c2nc3c([nH]2)CN(C(=O)C(O)Cc2ccccc2)CC3)c1. The van der Waals surface area contributed by atoms with Gasteiger partial charge in [-0.2, -0.15) is 0 Å². The number of methoxy groups -OCH3 is 1. The molecule has 1 aliphatic heterocycles. The minimum atomic E-state index is -1.04. The third-order valence-corrected chi connectivity index (χ3v) is 5.04. The normalized spacial score (nSPS) is 14.4. The van der Waals surface area contributed by atoms with Crippen molar-refractivity contribution in [3.05, 3.63) is 71.5 Å². The standard InChI is InChI=1S/C22H23N3O3/c1-28-17-9-5-8-16(13-17)21-23-18-10-11-25(14-19(18)24-21)22(27)20(26)12-15-6-3-2-4-7-15/h2-9,13,20,26H,10-12,14H2,1H3,(H,23,24). The summed E-state index contributed by atoms with van der Waals surface area (Å²) in [7, 11) is 1.64. The minimum absolute atomic E-state index is 0.243. The van der Waals surface area contributed by atoms with Gasteiger partial charge in [0.05, 0.1) is 25.0 Å². The highest BCUT2D eigenvalue weighted by Crippen LogP contribution is 2.25. The minimum Gasteiger partial charge on any atom is -0.497 e. The lowest BCUT2D eigenvalue weighted by atomic mass is 10.1. The number of fused-ring (bicyclic) bond motifs is 1. The topological polar surface area (TPSA) is 78.5 Å². The van der Waals surface area contributed by atoms with E-state index in [4.69, 9.17) is 9.72 Å². The Morgan fingerprint density at radius 3 is 2.86 bits per heavy atom. The molecule has 0 fully saturated rings. The highest BCUT2D eigenvalue weighted by atomic mass is 16.5. The van der Waals surface area contributed by atoms with Gasteiger partial charge < -0.3 is 19.7 Å². The highest BCUT2D eigenvalue weighted by molar-refractivity contribution is 5.81. The fraction of sp³-hybridized carbons (Fsp3) is 0.273. The van der Waals surface area contributed by atoms with Gasteiger partial charge in [0.1, 0.15) is 17.7 Å². The van der Waals surface area contributed by atoms with Crippen LogP contribution in [-0.4, -0.2) is 45.6 Å². The van der Waals surface area contributed by atoms with E-state index in [9.17, 15) is 9.90 Å². The molecule has 3 aromatic rings. The largest absolute Gasteiger partial charge is 0.497 e. The average molecular weight is 377 g/mol. The Morgan fingerprint density at radius 2 is 2.07 bits per heavy atom. The lowest BCUT2D eigenvalue weighted by Gasteiger charge is -2.28. The van der Waals surface area contributed by atoms with Gasteiger partial charge in [-0.15, -0.1) is 0 Å². The molecule has 0 bridgehead atoms. The van der Waals surface area contributed by atoms with Crippen molar-refractivity contribution in [3.8, 4) is 17.1 Å². The van der Waals surface area contributed by atoms with Crippen LogP contribution in [0, 0.1) is 0 Å². The van der Waals surface area contributed by atoms with Gasteiger partial charge in [0.2, 0.25) is 0 Å². The number of amides is 1. The number of benzene rings is 2. The summed E-state index contributed by atoms with van der Waals surface area (Å²) < 4.78 is 5.28. The molecule has 6 nitrogen and oxygen atoms in total. The molecule has 2 heterocycles. The Hall–Kier alpha value is -3.12. The second-order valence-electron chi connectivity index (χ2n) is 6.96. The Labute approximate surface area is 163 Å². The summed E-state index contributed by atoms with van der Waals surface area (Å²) in [5.74, 6) is 1.29. The summed E-state index contributed by atoms with van der Waals surface area (Å²) in [5, 5.41) is 10.4. The van der Waals surface area contributed by atoms with E-state index in [-0.39, 0.29) is 5.91 Å². The van der Waals surface area contributed by atoms with Crippen molar-refractivity contribution in [1.82, 2.24) is 14.9 Å². The molecule has 2 N–H and O–H groups in total. The Kier molecular flexibility index (Phi) is 5.12. The van der Waals surface area contributed by atoms with Crippen LogP contribution in [0.3, 0.4) is 0 Å². The highest BCUT2D eigenvalue weighted by Gasteiger charge is 2.28. The van der Waals surface area contributed by atoms with Crippen molar-refractivity contribution in [2.75, 3.05) is 13.7 Å². The lowest BCUT2D eigenvalue weighted by molar-refractivity contribution is -0.141. The number of ether oxygens (including phenoxy) is 1. The third kappa shape index (κ3) is 3.77. The van der Waals surface area contributed by atoms with Crippen molar-refractivity contribution in [2.45, 2.75) is 25.5 Å². The van der Waals surface area contributed by atoms with Gasteiger partial charge in [-0.1, -0.05) is 42.5 Å². The molecule has 0 saturated carbocycles. The first-order valence-corrected chi connectivity index (χ1v) is 9.37. The zero-order valence-corrected chi connectivity index (χ0v) is 15.8. The number of H-pyrrole nitrogens is 1. The molecule has 2 aromatic carbocycles. The molecule has 6 heteroatoms. The number of carbonyl (C=O) groups is 1. The molecule has 1 aliphatic rings. The van der Waals surface area contributed by atoms with Crippen LogP contribution in [0.1, 0.15) is 17.0 Å². The van der Waals surface area contributed by atoms with Crippen molar-refractivity contribution < 1.29 is 14.6 Å². The molecule has 1 unspecified atom stereocenters. The van der Waals surface area contributed by atoms with Gasteiger partial charge >= 0.3 is 0 Å². The van der Waals surface area contributed by atoms with E-state index in [1.165, 1.54) is 0 Å². The molecular formula is C22H23N3O3. The van der Waals surface area contributed by atoms with Gasteiger partial charge in [0.15, 0.2) is 0 Å². The monoisotopic (exact) mass is 377 g/mol. The summed E-state index contributed by atoms with van der Waals surface area (Å²) in [5.41, 5.74) is 3.78. The summed E-state index contributed by atoms with van der Waals surface area (Å²) in [6, 6.07) is 17.3. The summed E-state index contributed by atoms with van der Waals surface area (Å²) in [6.45, 7) is 0.983. The van der Waals surface area contributed by atoms with Crippen LogP contribution in [0.25, 0.3) is 11.4 Å². The smallest absolute Gasteiger partial charge is 0.252 e. The number of aliphatic hydroxyl groups excluding tert-OH is 1. The zero-order valence-electron chi connectivity index (χ0n) is 15.8. The van der Waals surface area contributed by atoms with Crippen LogP contribution in [0.4, 0.5) is 0 Å². The van der Waals surface area contributed by atoms with E-state index in [1.54, 1.807) is 12.0 Å². The molecule has 0 saturated heterocycles. The van der Waals surface area contributed by atoms with Crippen LogP contribution in [0.5, 0.6) is 5.75 Å². The number of nitrogens with zero attached hydrogens (tertiary/aromatic N) is 2. The maximum Gasteiger partial charge on any atom is 0.252 e. The van der Waals surface area contributed by atoms with E-state index in [1.807, 2.05) is 54.6 Å². The summed E-state index contributed by atoms with van der Waals surface area (Å²) in [6.07, 6.45) is -0.0505. The van der Waals surface area contributed by atoms with Gasteiger partial charge in [-0.25, -0.2) is 4.98 Å². The quantitative estimate of drug-likeness (QED) is 0.716. The number of imidazole rings is 1. The number of nitrogens with one attached hydrogen (secondary N) is 1. The molecule has 28 heavy (non-hydrogen) atoms. The lowest BCUT2D eigenvalue weighted by Crippen LogP contribution is -2.43. The van der Waals surface area contributed by atoms with Crippen molar-refractivity contribution in [1.29, 1.82) is 0 Å². The number of aromatic nitrogens is 2. The van der Waals surface area contributed by atoms with Crippen molar-refractivity contribution in [3.63, 3.8) is 0 Å². The number of hydrogen-bond donors (Lipinski definition) is 2. The molecular weight excluding hydrogens is 354 g/mol. The van der Waals surface area contributed by atoms with Gasteiger partial charge in [-0.05, 0) is 17.7 Å². The van der Waals surface area contributed by atoms with Gasteiger partial charge in [-0.3, -0.25) is 4.79 Å². The first kappa shape index (κ1) is 18.3. The van der Waals surface area contributed by atoms with Gasteiger partial charge in [0.25, 0.3) is 5.91 Å². The van der Waals surface area contributed by atoms with E-state index < -0.39 is 6.10 Å². The second-order valence-corrected chi connectivity index (χ2v) is 6.96. The van der Waals surface area contributed by atoms with Crippen LogP contribution in [-0.2, 0) is 24.2 Å². The molecule has 0 spiro atoms. The average Bonchev–Trinajstić information content (AvgIpc) is 3.17. The van der Waals surface area contributed by atoms with E-state index in [2.05, 4.69) is 4.98 Å². The predicted molar refractivity (Wildman–Crippen MR) is 106 cm³/mol. The maximum atomic E-state index is 12.7.